The number of hydrogen-bond donors (Lipinski definition) is 2. The minimum Gasteiger partial charge on any atom is -0.489 e. The molecule has 8 heteroatoms. The minimum absolute atomic E-state index is 0.178. The molecule has 0 aliphatic carbocycles. The number of aromatic nitrogens is 3. The number of carbonyl (C=O) groups is 1. The first kappa shape index (κ1) is 25.6. The van der Waals surface area contributed by atoms with Crippen molar-refractivity contribution >= 4 is 29.3 Å². The zero-order valence-corrected chi connectivity index (χ0v) is 22.6. The molecule has 1 atom stereocenters. The highest BCUT2D eigenvalue weighted by Gasteiger charge is 2.34. The first-order valence-corrected chi connectivity index (χ1v) is 13.7. The molecule has 7 nitrogen and oxygen atoms in total. The number of amides is 1. The van der Waals surface area contributed by atoms with Crippen LogP contribution in [0.2, 0.25) is 0 Å². The van der Waals surface area contributed by atoms with E-state index in [-0.39, 0.29) is 5.91 Å². The number of para-hydroxylation sites is 1. The summed E-state index contributed by atoms with van der Waals surface area (Å²) in [6.07, 6.45) is 1.03. The number of aryl methyl sites for hydroxylation is 1. The third kappa shape index (κ3) is 5.60. The van der Waals surface area contributed by atoms with Crippen molar-refractivity contribution < 1.29 is 9.53 Å². The summed E-state index contributed by atoms with van der Waals surface area (Å²) < 4.78 is 7.82. The first-order valence-electron chi connectivity index (χ1n) is 12.7. The van der Waals surface area contributed by atoms with Crippen LogP contribution in [-0.2, 0) is 11.4 Å². The fraction of sp³-hybridized carbons (Fsp3) is 0.233. The Bertz CT molecular complexity index is 1450. The molecule has 5 rings (SSSR count). The number of rotatable bonds is 9. The lowest BCUT2D eigenvalue weighted by Crippen LogP contribution is -2.31. The average molecular weight is 526 g/mol. The van der Waals surface area contributed by atoms with Gasteiger partial charge in [0.2, 0.25) is 11.1 Å². The van der Waals surface area contributed by atoms with Gasteiger partial charge in [-0.1, -0.05) is 79.3 Å². The normalized spacial score (nSPS) is 14.6. The fourth-order valence-electron chi connectivity index (χ4n) is 4.38. The van der Waals surface area contributed by atoms with Gasteiger partial charge in [0.05, 0.1) is 5.57 Å². The van der Waals surface area contributed by atoms with E-state index in [0.717, 1.165) is 46.0 Å². The molecule has 3 aromatic carbocycles. The summed E-state index contributed by atoms with van der Waals surface area (Å²) in [4.78, 5) is 18.4. The van der Waals surface area contributed by atoms with E-state index in [1.54, 1.807) is 11.8 Å². The first-order chi connectivity index (χ1) is 18.5. The van der Waals surface area contributed by atoms with E-state index < -0.39 is 6.04 Å². The smallest absolute Gasteiger partial charge is 0.255 e. The molecule has 194 valence electrons. The molecule has 0 fully saturated rings. The Morgan fingerprint density at radius 1 is 1.03 bits per heavy atom. The van der Waals surface area contributed by atoms with Crippen molar-refractivity contribution in [1.29, 1.82) is 0 Å². The second-order valence-corrected chi connectivity index (χ2v) is 10.3. The number of thioether (sulfide) groups is 1. The van der Waals surface area contributed by atoms with Crippen LogP contribution in [0.25, 0.3) is 0 Å². The van der Waals surface area contributed by atoms with Crippen LogP contribution in [0, 0.1) is 6.92 Å². The van der Waals surface area contributed by atoms with Gasteiger partial charge < -0.3 is 15.4 Å². The lowest BCUT2D eigenvalue weighted by Gasteiger charge is -2.29. The van der Waals surface area contributed by atoms with Crippen molar-refractivity contribution in [2.24, 2.45) is 0 Å². The monoisotopic (exact) mass is 525 g/mol. The molecule has 1 amide bonds. The number of fused-ring (bicyclic) bond motifs is 1. The number of anilines is 2. The van der Waals surface area contributed by atoms with Crippen molar-refractivity contribution in [2.75, 3.05) is 16.4 Å². The molecule has 2 N–H and O–H groups in total. The molecule has 1 aliphatic rings. The Kier molecular flexibility index (Phi) is 7.79. The molecule has 0 bridgehead atoms. The van der Waals surface area contributed by atoms with E-state index in [9.17, 15) is 4.79 Å². The number of hydrogen-bond acceptors (Lipinski definition) is 6. The molecule has 0 saturated carbocycles. The summed E-state index contributed by atoms with van der Waals surface area (Å²) >= 11 is 1.61. The molecule has 4 aromatic rings. The SMILES string of the molecule is CCCSc1nc2n(n1)C(c1ccc(OCc3ccccc3)cc1)C(C(=O)Nc1ccccc1C)=C(C)N2. The third-order valence-electron chi connectivity index (χ3n) is 6.35. The van der Waals surface area contributed by atoms with E-state index in [0.29, 0.717) is 23.3 Å². The maximum absolute atomic E-state index is 13.7. The maximum Gasteiger partial charge on any atom is 0.255 e. The lowest BCUT2D eigenvalue weighted by molar-refractivity contribution is -0.113. The second-order valence-electron chi connectivity index (χ2n) is 9.19. The van der Waals surface area contributed by atoms with Crippen LogP contribution in [0.5, 0.6) is 5.75 Å². The molecule has 0 radical (unpaired) electrons. The predicted octanol–water partition coefficient (Wildman–Crippen LogP) is 6.60. The van der Waals surface area contributed by atoms with Gasteiger partial charge in [0.15, 0.2) is 0 Å². The summed E-state index contributed by atoms with van der Waals surface area (Å²) in [5.41, 5.74) is 5.15. The van der Waals surface area contributed by atoms with Crippen molar-refractivity contribution in [2.45, 2.75) is 45.0 Å². The number of benzene rings is 3. The van der Waals surface area contributed by atoms with Gasteiger partial charge in [-0.3, -0.25) is 4.79 Å². The Morgan fingerprint density at radius 3 is 2.50 bits per heavy atom. The zero-order chi connectivity index (χ0) is 26.5. The van der Waals surface area contributed by atoms with Crippen molar-refractivity contribution in [3.8, 4) is 5.75 Å². The van der Waals surface area contributed by atoms with Crippen molar-refractivity contribution in [3.05, 3.63) is 107 Å². The Hall–Kier alpha value is -4.04. The van der Waals surface area contributed by atoms with Crippen LogP contribution in [0.1, 0.15) is 43.0 Å². The van der Waals surface area contributed by atoms with Gasteiger partial charge in [-0.25, -0.2) is 4.68 Å². The highest BCUT2D eigenvalue weighted by atomic mass is 32.2. The Balaban J connectivity index is 1.46. The highest BCUT2D eigenvalue weighted by Crippen LogP contribution is 2.37. The summed E-state index contributed by atoms with van der Waals surface area (Å²) in [7, 11) is 0. The summed E-state index contributed by atoms with van der Waals surface area (Å²) in [6.45, 7) is 6.51. The number of ether oxygens (including phenoxy) is 1. The van der Waals surface area contributed by atoms with E-state index in [1.165, 1.54) is 0 Å². The standard InChI is InChI=1S/C30H31N5O2S/c1-4-18-38-30-33-29-31-21(3)26(28(36)32-25-13-9-8-10-20(25)2)27(35(29)34-30)23-14-16-24(17-15-23)37-19-22-11-6-5-7-12-22/h5-17,27H,4,18-19H2,1-3H3,(H,32,36)(H,31,33,34). The van der Waals surface area contributed by atoms with E-state index >= 15 is 0 Å². The van der Waals surface area contributed by atoms with Crippen LogP contribution in [0.3, 0.4) is 0 Å². The molecule has 38 heavy (non-hydrogen) atoms. The minimum atomic E-state index is -0.443. The molecule has 1 aromatic heterocycles. The van der Waals surface area contributed by atoms with Gasteiger partial charge in [0.25, 0.3) is 5.91 Å². The quantitative estimate of drug-likeness (QED) is 0.240. The highest BCUT2D eigenvalue weighted by molar-refractivity contribution is 7.99. The third-order valence-corrected chi connectivity index (χ3v) is 7.39. The number of nitrogens with zero attached hydrogens (tertiary/aromatic N) is 3. The molecule has 1 aliphatic heterocycles. The fourth-order valence-corrected chi connectivity index (χ4v) is 5.06. The Morgan fingerprint density at radius 2 is 1.76 bits per heavy atom. The van der Waals surface area contributed by atoms with Crippen LogP contribution in [0.4, 0.5) is 11.6 Å². The topological polar surface area (TPSA) is 81.1 Å². The van der Waals surface area contributed by atoms with Crippen LogP contribution < -0.4 is 15.4 Å². The van der Waals surface area contributed by atoms with Crippen LogP contribution in [-0.4, -0.2) is 26.4 Å². The molecular weight excluding hydrogens is 494 g/mol. The number of allylic oxidation sites excluding steroid dienone is 1. The van der Waals surface area contributed by atoms with Gasteiger partial charge in [-0.2, -0.15) is 4.98 Å². The van der Waals surface area contributed by atoms with Crippen molar-refractivity contribution in [3.63, 3.8) is 0 Å². The van der Waals surface area contributed by atoms with E-state index in [1.807, 2.05) is 97.4 Å². The molecular formula is C30H31N5O2S. The maximum atomic E-state index is 13.7. The second kappa shape index (κ2) is 11.6. The summed E-state index contributed by atoms with van der Waals surface area (Å²) in [5.74, 6) is 2.14. The zero-order valence-electron chi connectivity index (χ0n) is 21.8. The van der Waals surface area contributed by atoms with Gasteiger partial charge in [-0.05, 0) is 55.2 Å². The number of carbonyl (C=O) groups excluding carboxylic acids is 1. The molecule has 0 spiro atoms. The van der Waals surface area contributed by atoms with E-state index in [2.05, 4.69) is 17.6 Å². The number of nitrogens with one attached hydrogen (secondary N) is 2. The average Bonchev–Trinajstić information content (AvgIpc) is 3.34. The van der Waals surface area contributed by atoms with Gasteiger partial charge in [-0.15, -0.1) is 5.10 Å². The largest absolute Gasteiger partial charge is 0.489 e. The molecule has 2 heterocycles. The van der Waals surface area contributed by atoms with E-state index in [4.69, 9.17) is 14.8 Å². The summed E-state index contributed by atoms with van der Waals surface area (Å²) in [5, 5.41) is 11.9. The lowest BCUT2D eigenvalue weighted by atomic mass is 9.95. The van der Waals surface area contributed by atoms with Crippen molar-refractivity contribution in [1.82, 2.24) is 14.8 Å². The molecule has 1 unspecified atom stereocenters. The van der Waals surface area contributed by atoms with Gasteiger partial charge >= 0.3 is 0 Å². The Labute approximate surface area is 227 Å². The van der Waals surface area contributed by atoms with Crippen LogP contribution in [0.15, 0.2) is 95.3 Å². The predicted molar refractivity (Wildman–Crippen MR) is 153 cm³/mol. The summed E-state index contributed by atoms with van der Waals surface area (Å²) in [6, 6.07) is 25.3. The van der Waals surface area contributed by atoms with Gasteiger partial charge in [0.1, 0.15) is 18.4 Å². The van der Waals surface area contributed by atoms with Gasteiger partial charge in [0, 0.05) is 17.1 Å². The molecule has 0 saturated heterocycles. The van der Waals surface area contributed by atoms with Crippen LogP contribution >= 0.6 is 11.8 Å².